The fourth-order valence-electron chi connectivity index (χ4n) is 5.42. The molecule has 2 aromatic heterocycles. The SMILES string of the molecule is c1ccc2c(c1)-c1nccn1B1Oc3cc(-n4c5ccccc5c5ccccc54)ccc3N12. The van der Waals surface area contributed by atoms with E-state index >= 15 is 0 Å². The average Bonchev–Trinajstić information content (AvgIpc) is 3.57. The number of anilines is 2. The molecule has 0 atom stereocenters. The van der Waals surface area contributed by atoms with Crippen LogP contribution < -0.4 is 9.47 Å². The third-order valence-corrected chi connectivity index (χ3v) is 6.81. The van der Waals surface area contributed by atoms with Crippen molar-refractivity contribution in [3.63, 3.8) is 0 Å². The van der Waals surface area contributed by atoms with Gasteiger partial charge in [-0.25, -0.2) is 4.98 Å². The van der Waals surface area contributed by atoms with Crippen LogP contribution in [0.2, 0.25) is 0 Å². The van der Waals surface area contributed by atoms with E-state index in [1.807, 2.05) is 12.4 Å². The van der Waals surface area contributed by atoms with Crippen molar-refractivity contribution in [2.24, 2.45) is 0 Å². The topological polar surface area (TPSA) is 35.2 Å². The molecule has 0 spiro atoms. The summed E-state index contributed by atoms with van der Waals surface area (Å²) in [5.74, 6) is 1.80. The van der Waals surface area contributed by atoms with E-state index in [9.17, 15) is 0 Å². The first-order valence-corrected chi connectivity index (χ1v) is 11.1. The van der Waals surface area contributed by atoms with E-state index in [1.54, 1.807) is 0 Å². The number of para-hydroxylation sites is 3. The lowest BCUT2D eigenvalue weighted by atomic mass is 9.90. The maximum atomic E-state index is 6.55. The summed E-state index contributed by atoms with van der Waals surface area (Å²) in [6.45, 7) is 0. The average molecular weight is 424 g/mol. The quantitative estimate of drug-likeness (QED) is 0.303. The zero-order chi connectivity index (χ0) is 21.5. The van der Waals surface area contributed by atoms with Gasteiger partial charge >= 0.3 is 7.19 Å². The second kappa shape index (κ2) is 6.08. The van der Waals surface area contributed by atoms with Gasteiger partial charge in [0, 0.05) is 46.2 Å². The van der Waals surface area contributed by atoms with Crippen LogP contribution in [-0.4, -0.2) is 21.2 Å². The lowest BCUT2D eigenvalue weighted by Crippen LogP contribution is -2.45. The highest BCUT2D eigenvalue weighted by molar-refractivity contribution is 6.61. The molecule has 5 nitrogen and oxygen atoms in total. The molecule has 8 rings (SSSR count). The van der Waals surface area contributed by atoms with Crippen LogP contribution in [0.1, 0.15) is 0 Å². The maximum absolute atomic E-state index is 6.55. The Hall–Kier alpha value is -4.45. The Morgan fingerprint density at radius 3 is 2.27 bits per heavy atom. The summed E-state index contributed by atoms with van der Waals surface area (Å²) in [5, 5.41) is 2.51. The van der Waals surface area contributed by atoms with E-state index in [1.165, 1.54) is 21.8 Å². The summed E-state index contributed by atoms with van der Waals surface area (Å²) in [5.41, 5.74) is 6.76. The number of imidazole rings is 1. The largest absolute Gasteiger partial charge is 0.629 e. The minimum atomic E-state index is -0.277. The molecule has 2 aliphatic rings. The van der Waals surface area contributed by atoms with Gasteiger partial charge in [0.25, 0.3) is 0 Å². The van der Waals surface area contributed by atoms with Crippen molar-refractivity contribution >= 4 is 40.4 Å². The first-order valence-electron chi connectivity index (χ1n) is 11.1. The van der Waals surface area contributed by atoms with Gasteiger partial charge in [0.05, 0.1) is 16.7 Å². The van der Waals surface area contributed by atoms with Gasteiger partial charge < -0.3 is 18.5 Å². The minimum Gasteiger partial charge on any atom is -0.521 e. The van der Waals surface area contributed by atoms with Crippen LogP contribution in [0.5, 0.6) is 5.75 Å². The van der Waals surface area contributed by atoms with Crippen LogP contribution in [0.4, 0.5) is 11.4 Å². The molecule has 0 saturated carbocycles. The van der Waals surface area contributed by atoms with Crippen LogP contribution >= 0.6 is 0 Å². The standard InChI is InChI=1S/C27H17BN4O/c1-4-10-22-19(7-1)20-8-2-5-11-23(20)31(22)18-13-14-25-26(17-18)33-28-30-16-15-29-27(30)21-9-3-6-12-24(21)32(25)28/h1-17H. The lowest BCUT2D eigenvalue weighted by molar-refractivity contribution is 0.576. The van der Waals surface area contributed by atoms with Crippen molar-refractivity contribution in [2.45, 2.75) is 0 Å². The summed E-state index contributed by atoms with van der Waals surface area (Å²) >= 11 is 0. The Labute approximate surface area is 190 Å². The summed E-state index contributed by atoms with van der Waals surface area (Å²) in [6.07, 6.45) is 3.83. The molecule has 0 saturated heterocycles. The Morgan fingerprint density at radius 2 is 1.45 bits per heavy atom. The van der Waals surface area contributed by atoms with Crippen molar-refractivity contribution < 1.29 is 4.65 Å². The lowest BCUT2D eigenvalue weighted by Gasteiger charge is -2.29. The fourth-order valence-corrected chi connectivity index (χ4v) is 5.42. The predicted octanol–water partition coefficient (Wildman–Crippen LogP) is 6.02. The molecule has 2 aliphatic heterocycles. The van der Waals surface area contributed by atoms with Crippen LogP contribution in [-0.2, 0) is 0 Å². The highest BCUT2D eigenvalue weighted by Gasteiger charge is 2.46. The van der Waals surface area contributed by atoms with Crippen molar-refractivity contribution in [3.8, 4) is 22.8 Å². The second-order valence-corrected chi connectivity index (χ2v) is 8.51. The van der Waals surface area contributed by atoms with Crippen LogP contribution in [0.15, 0.2) is 103 Å². The molecule has 33 heavy (non-hydrogen) atoms. The van der Waals surface area contributed by atoms with Crippen molar-refractivity contribution in [1.29, 1.82) is 0 Å². The van der Waals surface area contributed by atoms with Gasteiger partial charge in [-0.1, -0.05) is 48.5 Å². The zero-order valence-corrected chi connectivity index (χ0v) is 17.6. The monoisotopic (exact) mass is 424 g/mol. The highest BCUT2D eigenvalue weighted by Crippen LogP contribution is 2.48. The highest BCUT2D eigenvalue weighted by atomic mass is 16.5. The molecule has 4 aromatic carbocycles. The van der Waals surface area contributed by atoms with E-state index in [0.717, 1.165) is 34.2 Å². The Bertz CT molecular complexity index is 1680. The normalized spacial score (nSPS) is 13.6. The third-order valence-electron chi connectivity index (χ3n) is 6.81. The van der Waals surface area contributed by atoms with Gasteiger partial charge in [0.15, 0.2) is 0 Å². The van der Waals surface area contributed by atoms with E-state index in [4.69, 9.17) is 4.65 Å². The summed E-state index contributed by atoms with van der Waals surface area (Å²) in [4.78, 5) is 6.86. The number of hydrogen-bond donors (Lipinski definition) is 0. The van der Waals surface area contributed by atoms with E-state index in [-0.39, 0.29) is 7.19 Å². The smallest absolute Gasteiger partial charge is 0.521 e. The first-order chi connectivity index (χ1) is 16.4. The van der Waals surface area contributed by atoms with Gasteiger partial charge in [0.2, 0.25) is 0 Å². The molecule has 4 heterocycles. The molecule has 6 aromatic rings. The number of benzene rings is 4. The zero-order valence-electron chi connectivity index (χ0n) is 17.6. The molecule has 0 amide bonds. The predicted molar refractivity (Wildman–Crippen MR) is 132 cm³/mol. The molecular formula is C27H17BN4O. The van der Waals surface area contributed by atoms with Gasteiger partial charge in [-0.2, -0.15) is 0 Å². The fraction of sp³-hybridized carbons (Fsp3) is 0. The molecule has 0 N–H and O–H groups in total. The third kappa shape index (κ3) is 2.15. The van der Waals surface area contributed by atoms with Crippen LogP contribution in [0.3, 0.4) is 0 Å². The molecule has 0 radical (unpaired) electrons. The Kier molecular flexibility index (Phi) is 3.16. The molecule has 0 fully saturated rings. The number of nitrogens with zero attached hydrogens (tertiary/aromatic N) is 4. The summed E-state index contributed by atoms with van der Waals surface area (Å²) < 4.78 is 11.0. The van der Waals surface area contributed by atoms with E-state index < -0.39 is 0 Å². The number of hydrogen-bond acceptors (Lipinski definition) is 3. The Morgan fingerprint density at radius 1 is 0.727 bits per heavy atom. The van der Waals surface area contributed by atoms with Crippen molar-refractivity contribution in [1.82, 2.24) is 14.0 Å². The Balaban J connectivity index is 1.36. The van der Waals surface area contributed by atoms with Crippen LogP contribution in [0, 0.1) is 0 Å². The van der Waals surface area contributed by atoms with Gasteiger partial charge in [0.1, 0.15) is 11.6 Å². The van der Waals surface area contributed by atoms with Gasteiger partial charge in [-0.15, -0.1) is 0 Å². The number of aromatic nitrogens is 3. The van der Waals surface area contributed by atoms with Gasteiger partial charge in [-0.3, -0.25) is 0 Å². The molecule has 154 valence electrons. The number of rotatable bonds is 1. The van der Waals surface area contributed by atoms with Crippen molar-refractivity contribution in [3.05, 3.63) is 103 Å². The molecule has 0 aliphatic carbocycles. The molecular weight excluding hydrogens is 407 g/mol. The molecule has 0 bridgehead atoms. The van der Waals surface area contributed by atoms with Crippen molar-refractivity contribution in [2.75, 3.05) is 4.81 Å². The molecule has 6 heteroatoms. The van der Waals surface area contributed by atoms with E-state index in [0.29, 0.717) is 0 Å². The van der Waals surface area contributed by atoms with E-state index in [2.05, 4.69) is 110 Å². The second-order valence-electron chi connectivity index (χ2n) is 8.51. The maximum Gasteiger partial charge on any atom is 0.629 e. The molecule has 0 unspecified atom stereocenters. The van der Waals surface area contributed by atoms with Gasteiger partial charge in [-0.05, 0) is 36.4 Å². The first kappa shape index (κ1) is 17.2. The summed E-state index contributed by atoms with van der Waals surface area (Å²) in [7, 11) is -0.277. The number of fused-ring (bicyclic) bond motifs is 11. The van der Waals surface area contributed by atoms with Crippen LogP contribution in [0.25, 0.3) is 38.9 Å². The minimum absolute atomic E-state index is 0.277. The summed E-state index contributed by atoms with van der Waals surface area (Å²) in [6, 6.07) is 32.0.